The van der Waals surface area contributed by atoms with Gasteiger partial charge < -0.3 is 14.2 Å². The van der Waals surface area contributed by atoms with E-state index in [4.69, 9.17) is 14.2 Å². The molecule has 0 aliphatic carbocycles. The molecule has 0 aliphatic rings. The van der Waals surface area contributed by atoms with Crippen LogP contribution in [0.2, 0.25) is 0 Å². The lowest BCUT2D eigenvalue weighted by molar-refractivity contribution is 0.103. The van der Waals surface area contributed by atoms with Crippen LogP contribution in [0.1, 0.15) is 21.6 Å². The standard InChI is InChI=1S/C21H21FN2O6S/c1-28-13-5-6-17(22)16(7-13)21(25)20-15-9-19(30-3)18(29-2)8-14(15)12(10-23-20)11-24-31(4,26)27/h5-10,24H,11H2,1-4H3. The van der Waals surface area contributed by atoms with Gasteiger partial charge >= 0.3 is 0 Å². The fourth-order valence-electron chi connectivity index (χ4n) is 3.09. The highest BCUT2D eigenvalue weighted by Crippen LogP contribution is 2.35. The SMILES string of the molecule is COc1ccc(F)c(C(=O)c2ncc(CNS(C)(=O)=O)c3cc(OC)c(OC)cc23)c1. The van der Waals surface area contributed by atoms with Gasteiger partial charge in [-0.3, -0.25) is 9.78 Å². The number of ketones is 1. The summed E-state index contributed by atoms with van der Waals surface area (Å²) in [5, 5.41) is 0.869. The number of carbonyl (C=O) groups is 1. The van der Waals surface area contributed by atoms with Crippen molar-refractivity contribution < 1.29 is 31.8 Å². The second-order valence-corrected chi connectivity index (χ2v) is 8.49. The van der Waals surface area contributed by atoms with Crippen molar-refractivity contribution in [2.45, 2.75) is 6.54 Å². The van der Waals surface area contributed by atoms with Crippen LogP contribution >= 0.6 is 0 Å². The molecule has 0 atom stereocenters. The Hall–Kier alpha value is -3.24. The monoisotopic (exact) mass is 448 g/mol. The third-order valence-corrected chi connectivity index (χ3v) is 5.30. The molecular formula is C21H21FN2O6S. The molecule has 3 aromatic rings. The van der Waals surface area contributed by atoms with Crippen LogP contribution in [-0.4, -0.2) is 46.8 Å². The van der Waals surface area contributed by atoms with E-state index >= 15 is 0 Å². The number of benzene rings is 2. The van der Waals surface area contributed by atoms with Crippen LogP contribution in [-0.2, 0) is 16.6 Å². The quantitative estimate of drug-likeness (QED) is 0.529. The molecule has 8 nitrogen and oxygen atoms in total. The Balaban J connectivity index is 2.23. The van der Waals surface area contributed by atoms with Gasteiger partial charge in [-0.1, -0.05) is 0 Å². The summed E-state index contributed by atoms with van der Waals surface area (Å²) in [6.07, 6.45) is 2.41. The molecule has 1 N–H and O–H groups in total. The first-order valence-corrected chi connectivity index (χ1v) is 10.9. The number of carbonyl (C=O) groups excluding carboxylic acids is 1. The summed E-state index contributed by atoms with van der Waals surface area (Å²) >= 11 is 0. The summed E-state index contributed by atoms with van der Waals surface area (Å²) in [6, 6.07) is 7.02. The Morgan fingerprint density at radius 3 is 2.26 bits per heavy atom. The maximum absolute atomic E-state index is 14.4. The Kier molecular flexibility index (Phi) is 6.42. The predicted molar refractivity (Wildman–Crippen MR) is 113 cm³/mol. The minimum Gasteiger partial charge on any atom is -0.497 e. The van der Waals surface area contributed by atoms with Gasteiger partial charge in [-0.15, -0.1) is 0 Å². The van der Waals surface area contributed by atoms with Gasteiger partial charge in [0.15, 0.2) is 11.5 Å². The molecule has 0 radical (unpaired) electrons. The second-order valence-electron chi connectivity index (χ2n) is 6.65. The van der Waals surface area contributed by atoms with E-state index in [1.807, 2.05) is 0 Å². The molecule has 1 aromatic heterocycles. The number of hydrogen-bond acceptors (Lipinski definition) is 7. The third-order valence-electron chi connectivity index (χ3n) is 4.63. The molecule has 0 saturated carbocycles. The highest BCUT2D eigenvalue weighted by molar-refractivity contribution is 7.88. The number of nitrogens with one attached hydrogen (secondary N) is 1. The van der Waals surface area contributed by atoms with E-state index in [-0.39, 0.29) is 17.8 Å². The molecule has 0 fully saturated rings. The molecule has 1 heterocycles. The van der Waals surface area contributed by atoms with Gasteiger partial charge in [-0.05, 0) is 41.3 Å². The lowest BCUT2D eigenvalue weighted by Gasteiger charge is -2.15. The minimum atomic E-state index is -3.47. The van der Waals surface area contributed by atoms with Crippen molar-refractivity contribution in [2.75, 3.05) is 27.6 Å². The second kappa shape index (κ2) is 8.86. The average molecular weight is 448 g/mol. The highest BCUT2D eigenvalue weighted by Gasteiger charge is 2.22. The van der Waals surface area contributed by atoms with E-state index in [0.29, 0.717) is 33.6 Å². The van der Waals surface area contributed by atoms with Crippen LogP contribution in [0.25, 0.3) is 10.8 Å². The maximum Gasteiger partial charge on any atom is 0.215 e. The summed E-state index contributed by atoms with van der Waals surface area (Å²) < 4.78 is 55.6. The molecule has 0 amide bonds. The zero-order valence-corrected chi connectivity index (χ0v) is 18.2. The van der Waals surface area contributed by atoms with Crippen molar-refractivity contribution >= 4 is 26.6 Å². The highest BCUT2D eigenvalue weighted by atomic mass is 32.2. The number of rotatable bonds is 8. The van der Waals surface area contributed by atoms with Crippen molar-refractivity contribution in [1.82, 2.24) is 9.71 Å². The smallest absolute Gasteiger partial charge is 0.215 e. The van der Waals surface area contributed by atoms with Crippen molar-refractivity contribution in [3.63, 3.8) is 0 Å². The number of fused-ring (bicyclic) bond motifs is 1. The van der Waals surface area contributed by atoms with Crippen molar-refractivity contribution in [1.29, 1.82) is 0 Å². The number of aromatic nitrogens is 1. The number of halogens is 1. The largest absolute Gasteiger partial charge is 0.497 e. The van der Waals surface area contributed by atoms with E-state index in [1.165, 1.54) is 39.7 Å². The Bertz CT molecular complexity index is 1260. The number of pyridine rings is 1. The first kappa shape index (κ1) is 22.4. The summed E-state index contributed by atoms with van der Waals surface area (Å²) in [5.41, 5.74) is 0.278. The predicted octanol–water partition coefficient (Wildman–Crippen LogP) is 2.68. The van der Waals surface area contributed by atoms with Gasteiger partial charge in [0.05, 0.1) is 33.1 Å². The third kappa shape index (κ3) is 4.75. The van der Waals surface area contributed by atoms with Gasteiger partial charge in [0.25, 0.3) is 0 Å². The number of nitrogens with zero attached hydrogens (tertiary/aromatic N) is 1. The molecule has 31 heavy (non-hydrogen) atoms. The van der Waals surface area contributed by atoms with Crippen LogP contribution in [0, 0.1) is 5.82 Å². The van der Waals surface area contributed by atoms with E-state index < -0.39 is 21.6 Å². The van der Waals surface area contributed by atoms with Gasteiger partial charge in [0.2, 0.25) is 15.8 Å². The topological polar surface area (TPSA) is 104 Å². The number of methoxy groups -OCH3 is 3. The minimum absolute atomic E-state index is 0.0220. The molecule has 0 aliphatic heterocycles. The van der Waals surface area contributed by atoms with E-state index in [0.717, 1.165) is 12.3 Å². The summed E-state index contributed by atoms with van der Waals surface area (Å²) in [6.45, 7) is -0.0557. The zero-order chi connectivity index (χ0) is 22.8. The molecule has 0 spiro atoms. The Morgan fingerprint density at radius 1 is 1.03 bits per heavy atom. The van der Waals surface area contributed by atoms with Gasteiger partial charge in [-0.2, -0.15) is 0 Å². The van der Waals surface area contributed by atoms with Gasteiger partial charge in [-0.25, -0.2) is 17.5 Å². The van der Waals surface area contributed by atoms with E-state index in [1.54, 1.807) is 12.1 Å². The van der Waals surface area contributed by atoms with Crippen LogP contribution in [0.5, 0.6) is 17.2 Å². The van der Waals surface area contributed by atoms with E-state index in [9.17, 15) is 17.6 Å². The average Bonchev–Trinajstić information content (AvgIpc) is 2.75. The van der Waals surface area contributed by atoms with Crippen molar-refractivity contribution in [3.05, 3.63) is 59.2 Å². The molecule has 10 heteroatoms. The fraction of sp³-hybridized carbons (Fsp3) is 0.238. The Labute approximate surface area is 179 Å². The number of ether oxygens (including phenoxy) is 3. The van der Waals surface area contributed by atoms with Crippen LogP contribution in [0.4, 0.5) is 4.39 Å². The lowest BCUT2D eigenvalue weighted by atomic mass is 9.98. The lowest BCUT2D eigenvalue weighted by Crippen LogP contribution is -2.21. The normalized spacial score (nSPS) is 11.4. The fourth-order valence-corrected chi connectivity index (χ4v) is 3.50. The van der Waals surface area contributed by atoms with Gasteiger partial charge in [0.1, 0.15) is 17.3 Å². The molecule has 3 rings (SSSR count). The van der Waals surface area contributed by atoms with Crippen molar-refractivity contribution in [2.24, 2.45) is 0 Å². The molecule has 0 unspecified atom stereocenters. The molecular weight excluding hydrogens is 427 g/mol. The van der Waals surface area contributed by atoms with Crippen molar-refractivity contribution in [3.8, 4) is 17.2 Å². The van der Waals surface area contributed by atoms with E-state index in [2.05, 4.69) is 9.71 Å². The Morgan fingerprint density at radius 2 is 1.68 bits per heavy atom. The number of sulfonamides is 1. The first-order valence-electron chi connectivity index (χ1n) is 9.05. The van der Waals surface area contributed by atoms with Crippen LogP contribution < -0.4 is 18.9 Å². The zero-order valence-electron chi connectivity index (χ0n) is 17.4. The first-order chi connectivity index (χ1) is 14.7. The molecule has 164 valence electrons. The van der Waals surface area contributed by atoms with Crippen LogP contribution in [0.3, 0.4) is 0 Å². The molecule has 0 saturated heterocycles. The number of hydrogen-bond donors (Lipinski definition) is 1. The summed E-state index contributed by atoms with van der Waals surface area (Å²) in [5.74, 6) is -0.333. The molecule has 2 aromatic carbocycles. The molecule has 0 bridgehead atoms. The summed E-state index contributed by atoms with van der Waals surface area (Å²) in [7, 11) is 0.841. The maximum atomic E-state index is 14.4. The summed E-state index contributed by atoms with van der Waals surface area (Å²) in [4.78, 5) is 17.4. The van der Waals surface area contributed by atoms with Gasteiger partial charge in [0, 0.05) is 18.1 Å². The van der Waals surface area contributed by atoms with Crippen LogP contribution in [0.15, 0.2) is 36.5 Å².